The van der Waals surface area contributed by atoms with Gasteiger partial charge in [0.2, 0.25) is 0 Å². The Morgan fingerprint density at radius 1 is 1.00 bits per heavy atom. The van der Waals surface area contributed by atoms with Crippen LogP contribution >= 0.6 is 34.8 Å². The molecule has 1 unspecified atom stereocenters. The predicted molar refractivity (Wildman–Crippen MR) is 125 cm³/mol. The van der Waals surface area contributed by atoms with Gasteiger partial charge in [0.25, 0.3) is 11.8 Å². The van der Waals surface area contributed by atoms with E-state index in [0.29, 0.717) is 22.2 Å². The number of hydrogen-bond donors (Lipinski definition) is 3. The highest BCUT2D eigenvalue weighted by Gasteiger charge is 2.40. The van der Waals surface area contributed by atoms with Crippen LogP contribution < -0.4 is 16.4 Å². The third-order valence-corrected chi connectivity index (χ3v) is 5.80. The third-order valence-electron chi connectivity index (χ3n) is 4.83. The van der Waals surface area contributed by atoms with E-state index in [2.05, 4.69) is 10.6 Å². The molecule has 1 aliphatic rings. The Morgan fingerprint density at radius 3 is 2.44 bits per heavy atom. The summed E-state index contributed by atoms with van der Waals surface area (Å²) in [5, 5.41) is 6.38. The zero-order valence-corrected chi connectivity index (χ0v) is 19.3. The number of carbonyl (C=O) groups is 3. The minimum Gasteiger partial charge on any atom is -0.351 e. The fourth-order valence-electron chi connectivity index (χ4n) is 3.38. The van der Waals surface area contributed by atoms with E-state index in [-0.39, 0.29) is 36.8 Å². The van der Waals surface area contributed by atoms with E-state index in [9.17, 15) is 14.4 Å². The summed E-state index contributed by atoms with van der Waals surface area (Å²) in [6, 6.07) is 10.6. The van der Waals surface area contributed by atoms with Crippen LogP contribution in [0.3, 0.4) is 0 Å². The van der Waals surface area contributed by atoms with Crippen LogP contribution in [-0.2, 0) is 4.79 Å². The van der Waals surface area contributed by atoms with E-state index in [1.165, 1.54) is 28.0 Å². The Labute approximate surface area is 200 Å². The lowest BCUT2D eigenvalue weighted by atomic mass is 10.1. The van der Waals surface area contributed by atoms with Gasteiger partial charge in [0.15, 0.2) is 6.17 Å². The number of urea groups is 1. The number of rotatable bonds is 5. The number of nitrogens with zero attached hydrogens (tertiary/aromatic N) is 2. The van der Waals surface area contributed by atoms with Gasteiger partial charge < -0.3 is 21.3 Å². The normalized spacial score (nSPS) is 15.9. The molecular formula is C21H22Cl3N5O3. The summed E-state index contributed by atoms with van der Waals surface area (Å²) in [6.45, 7) is 0.973. The molecule has 1 fully saturated rings. The second kappa shape index (κ2) is 10.9. The van der Waals surface area contributed by atoms with Crippen molar-refractivity contribution in [2.45, 2.75) is 12.6 Å². The molecule has 1 aliphatic heterocycles. The van der Waals surface area contributed by atoms with Crippen LogP contribution in [0.1, 0.15) is 16.8 Å². The van der Waals surface area contributed by atoms with Crippen LogP contribution in [0.5, 0.6) is 0 Å². The Balaban J connectivity index is 1.89. The standard InChI is InChI=1S/C21H22Cl3N5O3/c22-14-3-1-4-15(12-14)27-21(32)29-10-2-9-28(19(29)18(30)26-8-7-25)20(31)13-5-6-16(23)17(24)11-13/h1,3-6,11-12,19H,2,7-10,25H2,(H,26,30)(H,27,32). The lowest BCUT2D eigenvalue weighted by Crippen LogP contribution is -2.64. The summed E-state index contributed by atoms with van der Waals surface area (Å²) in [4.78, 5) is 42.0. The molecule has 0 aromatic heterocycles. The first-order chi connectivity index (χ1) is 15.3. The predicted octanol–water partition coefficient (Wildman–Crippen LogP) is 3.43. The number of nitrogens with one attached hydrogen (secondary N) is 2. The fraction of sp³-hybridized carbons (Fsp3) is 0.286. The van der Waals surface area contributed by atoms with Crippen molar-refractivity contribution in [3.8, 4) is 0 Å². The van der Waals surface area contributed by atoms with Gasteiger partial charge in [-0.2, -0.15) is 0 Å². The van der Waals surface area contributed by atoms with Crippen LogP contribution in [0, 0.1) is 0 Å². The monoisotopic (exact) mass is 497 g/mol. The summed E-state index contributed by atoms with van der Waals surface area (Å²) in [7, 11) is 0. The quantitative estimate of drug-likeness (QED) is 0.587. The molecule has 4 N–H and O–H groups in total. The summed E-state index contributed by atoms with van der Waals surface area (Å²) in [5.74, 6) is -0.957. The van der Waals surface area contributed by atoms with Gasteiger partial charge in [0, 0.05) is 42.5 Å². The minimum atomic E-state index is -1.17. The first-order valence-electron chi connectivity index (χ1n) is 9.89. The van der Waals surface area contributed by atoms with E-state index in [4.69, 9.17) is 40.5 Å². The van der Waals surface area contributed by atoms with Gasteiger partial charge in [-0.15, -0.1) is 0 Å². The zero-order chi connectivity index (χ0) is 23.3. The Kier molecular flexibility index (Phi) is 8.20. The molecule has 1 saturated heterocycles. The molecule has 0 aliphatic carbocycles. The van der Waals surface area contributed by atoms with Crippen molar-refractivity contribution >= 4 is 58.3 Å². The summed E-state index contributed by atoms with van der Waals surface area (Å²) < 4.78 is 0. The van der Waals surface area contributed by atoms with Gasteiger partial charge in [-0.1, -0.05) is 40.9 Å². The molecule has 2 aromatic rings. The van der Waals surface area contributed by atoms with Gasteiger partial charge in [0.05, 0.1) is 10.0 Å². The maximum absolute atomic E-state index is 13.3. The molecule has 0 spiro atoms. The lowest BCUT2D eigenvalue weighted by molar-refractivity contribution is -0.132. The highest BCUT2D eigenvalue weighted by molar-refractivity contribution is 6.42. The van der Waals surface area contributed by atoms with Crippen molar-refractivity contribution in [1.82, 2.24) is 15.1 Å². The zero-order valence-electron chi connectivity index (χ0n) is 17.0. The highest BCUT2D eigenvalue weighted by Crippen LogP contribution is 2.26. The summed E-state index contributed by atoms with van der Waals surface area (Å²) in [6.07, 6.45) is -0.687. The molecule has 0 radical (unpaired) electrons. The van der Waals surface area contributed by atoms with Crippen LogP contribution in [0.15, 0.2) is 42.5 Å². The van der Waals surface area contributed by atoms with Crippen LogP contribution in [0.4, 0.5) is 10.5 Å². The van der Waals surface area contributed by atoms with Crippen LogP contribution in [-0.4, -0.2) is 60.0 Å². The molecule has 1 atom stereocenters. The molecule has 11 heteroatoms. The number of amides is 4. The van der Waals surface area contributed by atoms with Gasteiger partial charge in [-0.05, 0) is 42.8 Å². The second-order valence-corrected chi connectivity index (χ2v) is 8.32. The van der Waals surface area contributed by atoms with E-state index < -0.39 is 24.0 Å². The number of nitrogens with two attached hydrogens (primary N) is 1. The molecule has 4 amide bonds. The average molecular weight is 499 g/mol. The highest BCUT2D eigenvalue weighted by atomic mass is 35.5. The van der Waals surface area contributed by atoms with Crippen molar-refractivity contribution in [3.05, 3.63) is 63.1 Å². The number of hydrogen-bond acceptors (Lipinski definition) is 4. The van der Waals surface area contributed by atoms with Crippen LogP contribution in [0.2, 0.25) is 15.1 Å². The molecule has 2 aromatic carbocycles. The van der Waals surface area contributed by atoms with E-state index in [1.54, 1.807) is 24.3 Å². The topological polar surface area (TPSA) is 108 Å². The Hall–Kier alpha value is -2.52. The van der Waals surface area contributed by atoms with Crippen LogP contribution in [0.25, 0.3) is 0 Å². The first kappa shape index (κ1) is 24.1. The molecule has 32 heavy (non-hydrogen) atoms. The van der Waals surface area contributed by atoms with E-state index >= 15 is 0 Å². The molecule has 8 nitrogen and oxygen atoms in total. The maximum Gasteiger partial charge on any atom is 0.323 e. The molecule has 170 valence electrons. The Bertz CT molecular complexity index is 1020. The summed E-state index contributed by atoms with van der Waals surface area (Å²) >= 11 is 18.0. The molecule has 3 rings (SSSR count). The second-order valence-electron chi connectivity index (χ2n) is 7.07. The van der Waals surface area contributed by atoms with Gasteiger partial charge in [-0.25, -0.2) is 4.79 Å². The number of halogens is 3. The third kappa shape index (κ3) is 5.63. The molecular weight excluding hydrogens is 477 g/mol. The van der Waals surface area contributed by atoms with Gasteiger partial charge in [0.1, 0.15) is 0 Å². The van der Waals surface area contributed by atoms with E-state index in [0.717, 1.165) is 0 Å². The number of carbonyl (C=O) groups excluding carboxylic acids is 3. The maximum atomic E-state index is 13.3. The van der Waals surface area contributed by atoms with Crippen molar-refractivity contribution in [3.63, 3.8) is 0 Å². The van der Waals surface area contributed by atoms with E-state index in [1.807, 2.05) is 0 Å². The number of benzene rings is 2. The smallest absolute Gasteiger partial charge is 0.323 e. The molecule has 0 bridgehead atoms. The first-order valence-corrected chi connectivity index (χ1v) is 11.0. The average Bonchev–Trinajstić information content (AvgIpc) is 2.78. The fourth-order valence-corrected chi connectivity index (χ4v) is 3.86. The van der Waals surface area contributed by atoms with Crippen molar-refractivity contribution in [2.75, 3.05) is 31.5 Å². The van der Waals surface area contributed by atoms with Crippen molar-refractivity contribution in [2.24, 2.45) is 5.73 Å². The van der Waals surface area contributed by atoms with Crippen molar-refractivity contribution < 1.29 is 14.4 Å². The number of anilines is 1. The largest absolute Gasteiger partial charge is 0.351 e. The summed E-state index contributed by atoms with van der Waals surface area (Å²) in [5.41, 5.74) is 6.23. The Morgan fingerprint density at radius 2 is 1.75 bits per heavy atom. The molecule has 0 saturated carbocycles. The van der Waals surface area contributed by atoms with Gasteiger partial charge in [-0.3, -0.25) is 14.5 Å². The SMILES string of the molecule is NCCNC(=O)C1N(C(=O)Nc2cccc(Cl)c2)CCCN1C(=O)c1ccc(Cl)c(Cl)c1. The minimum absolute atomic E-state index is 0.202. The lowest BCUT2D eigenvalue weighted by Gasteiger charge is -2.42. The van der Waals surface area contributed by atoms with Gasteiger partial charge >= 0.3 is 6.03 Å². The van der Waals surface area contributed by atoms with Crippen molar-refractivity contribution in [1.29, 1.82) is 0 Å². The molecule has 1 heterocycles.